The van der Waals surface area contributed by atoms with Crippen LogP contribution in [0.2, 0.25) is 5.02 Å². The van der Waals surface area contributed by atoms with Crippen molar-refractivity contribution >= 4 is 40.8 Å². The summed E-state index contributed by atoms with van der Waals surface area (Å²) < 4.78 is 5.25. The van der Waals surface area contributed by atoms with Crippen molar-refractivity contribution in [2.75, 3.05) is 26.0 Å². The first-order valence-corrected chi connectivity index (χ1v) is 10.1. The van der Waals surface area contributed by atoms with Crippen molar-refractivity contribution in [3.8, 4) is 5.75 Å². The van der Waals surface area contributed by atoms with E-state index in [0.717, 1.165) is 11.1 Å². The minimum Gasteiger partial charge on any atom is -0.495 e. The Morgan fingerprint density at radius 1 is 1.00 bits per heavy atom. The maximum Gasteiger partial charge on any atom is 0.254 e. The molecule has 3 aromatic carbocycles. The van der Waals surface area contributed by atoms with Crippen LogP contribution in [0.5, 0.6) is 5.75 Å². The molecule has 0 bridgehead atoms. The first-order chi connectivity index (χ1) is 15.0. The normalized spacial score (nSPS) is 11.0. The third kappa shape index (κ3) is 5.96. The fourth-order valence-electron chi connectivity index (χ4n) is 3.06. The highest BCUT2D eigenvalue weighted by molar-refractivity contribution is 6.31. The predicted molar refractivity (Wildman–Crippen MR) is 125 cm³/mol. The Morgan fingerprint density at radius 3 is 2.29 bits per heavy atom. The molecule has 0 spiro atoms. The Labute approximate surface area is 186 Å². The number of amides is 2. The topological polar surface area (TPSA) is 58.6 Å². The molecule has 6 heteroatoms. The fraction of sp³-hybridized carbons (Fsp3) is 0.120. The van der Waals surface area contributed by atoms with Crippen LogP contribution in [0.1, 0.15) is 11.1 Å². The van der Waals surface area contributed by atoms with Crippen LogP contribution in [0.3, 0.4) is 0 Å². The standard InChI is InChI=1S/C25H23ClN2O3/c1-28(17-24(29)27-22-16-20(26)13-14-23(22)31-2)25(30)21(19-11-7-4-8-12-19)15-18-9-5-3-6-10-18/h3-16H,17H2,1-2H3,(H,27,29)/b21-15+. The number of carbonyl (C=O) groups excluding carboxylic acids is 2. The molecule has 0 radical (unpaired) electrons. The van der Waals surface area contributed by atoms with Crippen LogP contribution in [0, 0.1) is 0 Å². The second kappa shape index (κ2) is 10.5. The highest BCUT2D eigenvalue weighted by atomic mass is 35.5. The predicted octanol–water partition coefficient (Wildman–Crippen LogP) is 4.99. The molecular formula is C25H23ClN2O3. The number of hydrogen-bond donors (Lipinski definition) is 1. The number of anilines is 1. The van der Waals surface area contributed by atoms with E-state index in [1.165, 1.54) is 12.0 Å². The minimum absolute atomic E-state index is 0.131. The van der Waals surface area contributed by atoms with E-state index in [9.17, 15) is 9.59 Å². The molecule has 0 atom stereocenters. The van der Waals surface area contributed by atoms with Crippen molar-refractivity contribution in [2.24, 2.45) is 0 Å². The first kappa shape index (κ1) is 22.1. The van der Waals surface area contributed by atoms with Gasteiger partial charge in [-0.05, 0) is 35.4 Å². The Hall–Kier alpha value is -3.57. The van der Waals surface area contributed by atoms with Gasteiger partial charge in [0.05, 0.1) is 19.3 Å². The Balaban J connectivity index is 1.79. The monoisotopic (exact) mass is 434 g/mol. The minimum atomic E-state index is -0.358. The third-order valence-electron chi connectivity index (χ3n) is 4.59. The number of nitrogens with one attached hydrogen (secondary N) is 1. The van der Waals surface area contributed by atoms with Crippen molar-refractivity contribution in [1.29, 1.82) is 0 Å². The first-order valence-electron chi connectivity index (χ1n) is 9.69. The van der Waals surface area contributed by atoms with Crippen molar-refractivity contribution in [3.05, 3.63) is 95.0 Å². The Kier molecular flexibility index (Phi) is 7.46. The zero-order valence-electron chi connectivity index (χ0n) is 17.3. The molecule has 0 aliphatic carbocycles. The number of hydrogen-bond acceptors (Lipinski definition) is 3. The zero-order chi connectivity index (χ0) is 22.2. The average molecular weight is 435 g/mol. The molecule has 158 valence electrons. The van der Waals surface area contributed by atoms with Gasteiger partial charge in [-0.25, -0.2) is 0 Å². The lowest BCUT2D eigenvalue weighted by Gasteiger charge is -2.19. The average Bonchev–Trinajstić information content (AvgIpc) is 2.78. The van der Waals surface area contributed by atoms with E-state index < -0.39 is 0 Å². The van der Waals surface area contributed by atoms with E-state index in [1.807, 2.05) is 66.7 Å². The maximum absolute atomic E-state index is 13.2. The summed E-state index contributed by atoms with van der Waals surface area (Å²) >= 11 is 6.02. The number of nitrogens with zero attached hydrogens (tertiary/aromatic N) is 1. The molecule has 0 aromatic heterocycles. The summed E-state index contributed by atoms with van der Waals surface area (Å²) in [5.41, 5.74) is 2.63. The van der Waals surface area contributed by atoms with Gasteiger partial charge in [0.15, 0.2) is 0 Å². The van der Waals surface area contributed by atoms with Gasteiger partial charge in [-0.3, -0.25) is 9.59 Å². The summed E-state index contributed by atoms with van der Waals surface area (Å²) in [7, 11) is 3.11. The second-order valence-electron chi connectivity index (χ2n) is 6.89. The lowest BCUT2D eigenvalue weighted by molar-refractivity contribution is -0.128. The van der Waals surface area contributed by atoms with Gasteiger partial charge in [0.2, 0.25) is 5.91 Å². The van der Waals surface area contributed by atoms with Crippen molar-refractivity contribution in [1.82, 2.24) is 4.90 Å². The van der Waals surface area contributed by atoms with Crippen LogP contribution in [0.15, 0.2) is 78.9 Å². The van der Waals surface area contributed by atoms with Gasteiger partial charge < -0.3 is 15.0 Å². The third-order valence-corrected chi connectivity index (χ3v) is 4.82. The Morgan fingerprint density at radius 2 is 1.65 bits per heavy atom. The molecule has 3 rings (SSSR count). The number of carbonyl (C=O) groups is 2. The second-order valence-corrected chi connectivity index (χ2v) is 7.33. The van der Waals surface area contributed by atoms with Crippen molar-refractivity contribution in [2.45, 2.75) is 0 Å². The van der Waals surface area contributed by atoms with E-state index in [4.69, 9.17) is 16.3 Å². The summed E-state index contributed by atoms with van der Waals surface area (Å²) in [4.78, 5) is 27.2. The number of likely N-dealkylation sites (N-methyl/N-ethyl adjacent to an activating group) is 1. The number of methoxy groups -OCH3 is 1. The number of rotatable bonds is 7. The van der Waals surface area contributed by atoms with Crippen LogP contribution in [-0.2, 0) is 9.59 Å². The van der Waals surface area contributed by atoms with Crippen LogP contribution >= 0.6 is 11.6 Å². The van der Waals surface area contributed by atoms with Gasteiger partial charge in [0.25, 0.3) is 5.91 Å². The van der Waals surface area contributed by atoms with Crippen LogP contribution < -0.4 is 10.1 Å². The molecule has 0 unspecified atom stereocenters. The van der Waals surface area contributed by atoms with Gasteiger partial charge in [0, 0.05) is 17.6 Å². The highest BCUT2D eigenvalue weighted by Crippen LogP contribution is 2.27. The lowest BCUT2D eigenvalue weighted by Crippen LogP contribution is -2.35. The van der Waals surface area contributed by atoms with Gasteiger partial charge >= 0.3 is 0 Å². The van der Waals surface area contributed by atoms with E-state index in [0.29, 0.717) is 22.0 Å². The van der Waals surface area contributed by atoms with E-state index in [1.54, 1.807) is 25.2 Å². The zero-order valence-corrected chi connectivity index (χ0v) is 18.1. The summed E-state index contributed by atoms with van der Waals surface area (Å²) in [5.74, 6) is -0.132. The summed E-state index contributed by atoms with van der Waals surface area (Å²) in [5, 5.41) is 3.22. The number of ether oxygens (including phenoxy) is 1. The van der Waals surface area contributed by atoms with Crippen LogP contribution in [-0.4, -0.2) is 37.4 Å². The molecule has 31 heavy (non-hydrogen) atoms. The SMILES string of the molecule is COc1ccc(Cl)cc1NC(=O)CN(C)C(=O)/C(=C/c1ccccc1)c1ccccc1. The number of halogens is 1. The molecule has 2 amide bonds. The maximum atomic E-state index is 13.2. The molecular weight excluding hydrogens is 412 g/mol. The summed E-state index contributed by atoms with van der Waals surface area (Å²) in [6.45, 7) is -0.131. The molecule has 0 saturated carbocycles. The van der Waals surface area contributed by atoms with Gasteiger partial charge in [-0.1, -0.05) is 72.3 Å². The lowest BCUT2D eigenvalue weighted by atomic mass is 10.0. The quantitative estimate of drug-likeness (QED) is 0.421. The fourth-order valence-corrected chi connectivity index (χ4v) is 3.23. The van der Waals surface area contributed by atoms with Gasteiger partial charge in [-0.2, -0.15) is 0 Å². The molecule has 1 N–H and O–H groups in total. The largest absolute Gasteiger partial charge is 0.495 e. The molecule has 0 heterocycles. The highest BCUT2D eigenvalue weighted by Gasteiger charge is 2.19. The van der Waals surface area contributed by atoms with Crippen LogP contribution in [0.25, 0.3) is 11.6 Å². The van der Waals surface area contributed by atoms with Gasteiger partial charge in [0.1, 0.15) is 5.75 Å². The molecule has 0 fully saturated rings. The summed E-state index contributed by atoms with van der Waals surface area (Å²) in [6, 6.07) is 23.9. The summed E-state index contributed by atoms with van der Waals surface area (Å²) in [6.07, 6.45) is 1.83. The number of benzene rings is 3. The van der Waals surface area contributed by atoms with E-state index in [-0.39, 0.29) is 18.4 Å². The molecule has 3 aromatic rings. The van der Waals surface area contributed by atoms with E-state index in [2.05, 4.69) is 5.32 Å². The van der Waals surface area contributed by atoms with Crippen molar-refractivity contribution in [3.63, 3.8) is 0 Å². The van der Waals surface area contributed by atoms with Crippen molar-refractivity contribution < 1.29 is 14.3 Å². The molecule has 0 aliphatic rings. The van der Waals surface area contributed by atoms with Gasteiger partial charge in [-0.15, -0.1) is 0 Å². The Bertz CT molecular complexity index is 1080. The van der Waals surface area contributed by atoms with E-state index >= 15 is 0 Å². The molecule has 0 aliphatic heterocycles. The van der Waals surface area contributed by atoms with Crippen LogP contribution in [0.4, 0.5) is 5.69 Å². The smallest absolute Gasteiger partial charge is 0.254 e. The molecule has 5 nitrogen and oxygen atoms in total. The molecule has 0 saturated heterocycles.